The van der Waals surface area contributed by atoms with Crippen molar-refractivity contribution in [2.24, 2.45) is 0 Å². The van der Waals surface area contributed by atoms with Gasteiger partial charge in [0.25, 0.3) is 0 Å². The van der Waals surface area contributed by atoms with Gasteiger partial charge in [-0.2, -0.15) is 0 Å². The van der Waals surface area contributed by atoms with Gasteiger partial charge in [0.2, 0.25) is 10.0 Å². The van der Waals surface area contributed by atoms with E-state index in [0.29, 0.717) is 12.8 Å². The lowest BCUT2D eigenvalue weighted by atomic mass is 10.2. The molecule has 5 nitrogen and oxygen atoms in total. The second kappa shape index (κ2) is 5.48. The quantitative estimate of drug-likeness (QED) is 0.692. The maximum atomic E-state index is 12.0. The van der Waals surface area contributed by atoms with Crippen LogP contribution >= 0.6 is 0 Å². The zero-order valence-electron chi connectivity index (χ0n) is 9.52. The predicted molar refractivity (Wildman–Crippen MR) is 68.0 cm³/mol. The van der Waals surface area contributed by atoms with Gasteiger partial charge in [0, 0.05) is 5.69 Å². The average molecular weight is 255 g/mol. The van der Waals surface area contributed by atoms with Crippen LogP contribution in [-0.4, -0.2) is 26.8 Å². The zero-order chi connectivity index (χ0) is 12.1. The van der Waals surface area contributed by atoms with Gasteiger partial charge in [-0.05, 0) is 38.1 Å². The van der Waals surface area contributed by atoms with Gasteiger partial charge < -0.3 is 10.7 Å². The summed E-state index contributed by atoms with van der Waals surface area (Å²) in [4.78, 5) is 2.44. The number of piperidine rings is 1. The summed E-state index contributed by atoms with van der Waals surface area (Å²) in [6.07, 6.45) is 1.32. The molecule has 0 radical (unpaired) electrons. The summed E-state index contributed by atoms with van der Waals surface area (Å²) >= 11 is 0. The maximum absolute atomic E-state index is 12.0. The molecule has 1 heterocycles. The largest absolute Gasteiger partial charge is 0.317 e. The van der Waals surface area contributed by atoms with Crippen LogP contribution in [0.5, 0.6) is 0 Å². The molecule has 1 aliphatic heterocycles. The molecular weight excluding hydrogens is 238 g/mol. The molecule has 2 rings (SSSR count). The summed E-state index contributed by atoms with van der Waals surface area (Å²) in [5, 5.41) is 2.84. The minimum atomic E-state index is -3.28. The first kappa shape index (κ1) is 12.3. The normalized spacial score (nSPS) is 17.9. The third-order valence-electron chi connectivity index (χ3n) is 2.84. The lowest BCUT2D eigenvalue weighted by Gasteiger charge is -2.23. The third kappa shape index (κ3) is 3.42. The van der Waals surface area contributed by atoms with Crippen molar-refractivity contribution >= 4 is 15.7 Å². The van der Waals surface area contributed by atoms with E-state index in [0.717, 1.165) is 18.8 Å². The van der Waals surface area contributed by atoms with Crippen molar-refractivity contribution in [2.45, 2.75) is 18.1 Å². The lowest BCUT2D eigenvalue weighted by Crippen LogP contribution is -2.43. The summed E-state index contributed by atoms with van der Waals surface area (Å²) in [7, 11) is -3.28. The van der Waals surface area contributed by atoms with Gasteiger partial charge >= 0.3 is 0 Å². The van der Waals surface area contributed by atoms with Gasteiger partial charge in [0.1, 0.15) is 0 Å². The Morgan fingerprint density at radius 2 is 1.76 bits per heavy atom. The van der Waals surface area contributed by atoms with E-state index in [4.69, 9.17) is 0 Å². The van der Waals surface area contributed by atoms with E-state index in [9.17, 15) is 8.42 Å². The summed E-state index contributed by atoms with van der Waals surface area (Å²) in [5.41, 5.74) is 3.46. The number of hydrazine groups is 1. The minimum absolute atomic E-state index is 0.306. The van der Waals surface area contributed by atoms with E-state index >= 15 is 0 Å². The Bertz CT molecular complexity index is 441. The van der Waals surface area contributed by atoms with E-state index in [1.165, 1.54) is 0 Å². The Morgan fingerprint density at radius 3 is 2.41 bits per heavy atom. The molecular formula is C11H17N3O2S. The molecule has 17 heavy (non-hydrogen) atoms. The van der Waals surface area contributed by atoms with Crippen molar-refractivity contribution < 1.29 is 8.42 Å². The molecule has 1 aromatic carbocycles. The van der Waals surface area contributed by atoms with Crippen LogP contribution in [-0.2, 0) is 10.0 Å². The number of rotatable bonds is 4. The summed E-state index contributed by atoms with van der Waals surface area (Å²) < 4.78 is 23.9. The first-order chi connectivity index (χ1) is 8.18. The van der Waals surface area contributed by atoms with E-state index in [1.54, 1.807) is 0 Å². The van der Waals surface area contributed by atoms with Gasteiger partial charge in [-0.3, -0.25) is 0 Å². The van der Waals surface area contributed by atoms with Crippen molar-refractivity contribution in [3.63, 3.8) is 0 Å². The highest BCUT2D eigenvalue weighted by Crippen LogP contribution is 2.12. The van der Waals surface area contributed by atoms with E-state index < -0.39 is 10.0 Å². The molecule has 0 aliphatic carbocycles. The van der Waals surface area contributed by atoms with Crippen molar-refractivity contribution in [3.05, 3.63) is 30.3 Å². The van der Waals surface area contributed by atoms with Crippen LogP contribution in [0.2, 0.25) is 0 Å². The van der Waals surface area contributed by atoms with Crippen LogP contribution < -0.4 is 15.6 Å². The highest BCUT2D eigenvalue weighted by atomic mass is 32.2. The Kier molecular flexibility index (Phi) is 3.98. The molecule has 1 fully saturated rings. The average Bonchev–Trinajstić information content (AvgIpc) is 2.39. The Labute approximate surface area is 102 Å². The standard InChI is InChI=1S/C11H17N3O2S/c15-17(16,11-6-8-12-9-7-11)14-13-10-4-2-1-3-5-10/h1-5,11-14H,6-9H2. The lowest BCUT2D eigenvalue weighted by molar-refractivity contribution is 0.492. The van der Waals surface area contributed by atoms with Crippen molar-refractivity contribution in [3.8, 4) is 0 Å². The third-order valence-corrected chi connectivity index (χ3v) is 4.57. The molecule has 0 saturated carbocycles. The second-order valence-corrected chi connectivity index (χ2v) is 6.05. The number of hydrogen-bond acceptors (Lipinski definition) is 4. The number of nitrogens with one attached hydrogen (secondary N) is 3. The van der Waals surface area contributed by atoms with Gasteiger partial charge in [-0.1, -0.05) is 18.2 Å². The molecule has 3 N–H and O–H groups in total. The van der Waals surface area contributed by atoms with Crippen LogP contribution in [0.15, 0.2) is 30.3 Å². The molecule has 0 spiro atoms. The number of hydrogen-bond donors (Lipinski definition) is 3. The van der Waals surface area contributed by atoms with Gasteiger partial charge in [0.05, 0.1) is 5.25 Å². The molecule has 0 atom stereocenters. The summed E-state index contributed by atoms with van der Waals surface area (Å²) in [5.74, 6) is 0. The molecule has 6 heteroatoms. The Morgan fingerprint density at radius 1 is 1.12 bits per heavy atom. The monoisotopic (exact) mass is 255 g/mol. The molecule has 0 unspecified atom stereocenters. The molecule has 1 aliphatic rings. The first-order valence-corrected chi connectivity index (χ1v) is 7.25. The van der Waals surface area contributed by atoms with E-state index in [-0.39, 0.29) is 5.25 Å². The van der Waals surface area contributed by atoms with Crippen LogP contribution in [0.4, 0.5) is 5.69 Å². The Balaban J connectivity index is 1.93. The minimum Gasteiger partial charge on any atom is -0.317 e. The zero-order valence-corrected chi connectivity index (χ0v) is 10.3. The molecule has 1 saturated heterocycles. The fourth-order valence-electron chi connectivity index (χ4n) is 1.84. The molecule has 0 amide bonds. The topological polar surface area (TPSA) is 70.2 Å². The van der Waals surface area contributed by atoms with E-state index in [1.807, 2.05) is 30.3 Å². The number of sulfonamides is 1. The number of benzene rings is 1. The maximum Gasteiger partial charge on any atom is 0.231 e. The van der Waals surface area contributed by atoms with Crippen LogP contribution in [0.1, 0.15) is 12.8 Å². The van der Waals surface area contributed by atoms with E-state index in [2.05, 4.69) is 15.6 Å². The molecule has 1 aromatic rings. The van der Waals surface area contributed by atoms with Crippen LogP contribution in [0, 0.1) is 0 Å². The Hall–Kier alpha value is -1.11. The van der Waals surface area contributed by atoms with Crippen molar-refractivity contribution in [2.75, 3.05) is 18.5 Å². The smallest absolute Gasteiger partial charge is 0.231 e. The van der Waals surface area contributed by atoms with Crippen LogP contribution in [0.3, 0.4) is 0 Å². The number of anilines is 1. The molecule has 0 aromatic heterocycles. The molecule has 0 bridgehead atoms. The SMILES string of the molecule is O=S(=O)(NNc1ccccc1)C1CCNCC1. The van der Waals surface area contributed by atoms with Gasteiger partial charge in [0.15, 0.2) is 0 Å². The fraction of sp³-hybridized carbons (Fsp3) is 0.455. The van der Waals surface area contributed by atoms with Crippen LogP contribution in [0.25, 0.3) is 0 Å². The number of para-hydroxylation sites is 1. The summed E-state index contributed by atoms with van der Waals surface area (Å²) in [6, 6.07) is 9.20. The first-order valence-electron chi connectivity index (χ1n) is 5.71. The summed E-state index contributed by atoms with van der Waals surface area (Å²) in [6.45, 7) is 1.52. The molecule has 94 valence electrons. The van der Waals surface area contributed by atoms with Gasteiger partial charge in [-0.25, -0.2) is 8.42 Å². The van der Waals surface area contributed by atoms with Gasteiger partial charge in [-0.15, -0.1) is 4.83 Å². The highest BCUT2D eigenvalue weighted by Gasteiger charge is 2.26. The van der Waals surface area contributed by atoms with Crippen molar-refractivity contribution in [1.29, 1.82) is 0 Å². The predicted octanol–water partition coefficient (Wildman–Crippen LogP) is 0.685. The van der Waals surface area contributed by atoms with Crippen molar-refractivity contribution in [1.82, 2.24) is 10.1 Å². The fourth-order valence-corrected chi connectivity index (χ4v) is 3.12. The highest BCUT2D eigenvalue weighted by molar-refractivity contribution is 7.90. The second-order valence-electron chi connectivity index (χ2n) is 4.09.